The second kappa shape index (κ2) is 6.99. The molecule has 3 atom stereocenters. The molecule has 2 rings (SSSR count). The van der Waals surface area contributed by atoms with Crippen molar-refractivity contribution in [1.29, 1.82) is 0 Å². The van der Waals surface area contributed by atoms with Crippen molar-refractivity contribution < 1.29 is 18.7 Å². The van der Waals surface area contributed by atoms with Gasteiger partial charge in [-0.2, -0.15) is 0 Å². The normalized spacial score (nSPS) is 30.4. The largest absolute Gasteiger partial charge is 0.415 e. The summed E-state index contributed by atoms with van der Waals surface area (Å²) in [6.07, 6.45) is 3.25. The molecule has 6 heteroatoms. The summed E-state index contributed by atoms with van der Waals surface area (Å²) in [5, 5.41) is 3.16. The van der Waals surface area contributed by atoms with Gasteiger partial charge >= 0.3 is 0 Å². The number of ether oxygens (including phenoxy) is 2. The molecule has 2 saturated heterocycles. The Kier molecular flexibility index (Phi) is 5.69. The summed E-state index contributed by atoms with van der Waals surface area (Å²) in [5.74, 6) is 0.0460. The van der Waals surface area contributed by atoms with Crippen LogP contribution in [0.5, 0.6) is 0 Å². The van der Waals surface area contributed by atoms with E-state index in [2.05, 4.69) is 39.2 Å². The number of amides is 1. The lowest BCUT2D eigenvalue weighted by atomic mass is 10.1. The highest BCUT2D eigenvalue weighted by atomic mass is 28.4. The average Bonchev–Trinajstić information content (AvgIpc) is 2.76. The van der Waals surface area contributed by atoms with Crippen molar-refractivity contribution in [2.45, 2.75) is 83.0 Å². The molecule has 0 aromatic carbocycles. The average molecular weight is 330 g/mol. The van der Waals surface area contributed by atoms with E-state index in [4.69, 9.17) is 13.9 Å². The van der Waals surface area contributed by atoms with Crippen molar-refractivity contribution in [2.75, 3.05) is 13.2 Å². The Labute approximate surface area is 135 Å². The van der Waals surface area contributed by atoms with Gasteiger partial charge in [0.05, 0.1) is 25.2 Å². The van der Waals surface area contributed by atoms with Crippen LogP contribution < -0.4 is 5.32 Å². The van der Waals surface area contributed by atoms with Crippen molar-refractivity contribution in [3.63, 3.8) is 0 Å². The predicted octanol–water partition coefficient (Wildman–Crippen LogP) is 2.81. The number of rotatable bonds is 5. The molecule has 2 fully saturated rings. The van der Waals surface area contributed by atoms with Crippen molar-refractivity contribution >= 4 is 14.2 Å². The van der Waals surface area contributed by atoms with Crippen LogP contribution >= 0.6 is 0 Å². The molecule has 0 spiro atoms. The Balaban J connectivity index is 1.89. The molecule has 0 aliphatic carbocycles. The van der Waals surface area contributed by atoms with Gasteiger partial charge in [0.1, 0.15) is 0 Å². The van der Waals surface area contributed by atoms with Gasteiger partial charge in [0.25, 0.3) is 0 Å². The van der Waals surface area contributed by atoms with Crippen molar-refractivity contribution in [2.24, 2.45) is 0 Å². The zero-order valence-electron chi connectivity index (χ0n) is 14.6. The van der Waals surface area contributed by atoms with E-state index in [1.54, 1.807) is 0 Å². The molecule has 1 amide bonds. The minimum atomic E-state index is -1.81. The first-order valence-corrected chi connectivity index (χ1v) is 11.3. The molecule has 1 unspecified atom stereocenters. The Morgan fingerprint density at radius 1 is 1.32 bits per heavy atom. The van der Waals surface area contributed by atoms with Crippen LogP contribution in [0.1, 0.15) is 46.5 Å². The molecular formula is C16H31NO4Si. The molecule has 1 N–H and O–H groups in total. The number of hydrogen-bond acceptors (Lipinski definition) is 4. The summed E-state index contributed by atoms with van der Waals surface area (Å²) >= 11 is 0. The lowest BCUT2D eigenvalue weighted by molar-refractivity contribution is -0.190. The zero-order chi connectivity index (χ0) is 16.4. The highest BCUT2D eigenvalue weighted by molar-refractivity contribution is 6.74. The number of carbonyl (C=O) groups excluding carboxylic acids is 1. The molecule has 2 aliphatic heterocycles. The SMILES string of the molecule is CC(C)(C)[Si](C)(C)OC[C@@H]1NC(=O)C[C@H]1OC1CCCCO1. The topological polar surface area (TPSA) is 56.8 Å². The summed E-state index contributed by atoms with van der Waals surface area (Å²) in [5.41, 5.74) is 0. The monoisotopic (exact) mass is 329 g/mol. The Bertz CT molecular complexity index is 388. The van der Waals surface area contributed by atoms with E-state index >= 15 is 0 Å². The van der Waals surface area contributed by atoms with Gasteiger partial charge in [0, 0.05) is 6.61 Å². The fourth-order valence-corrected chi connectivity index (χ4v) is 3.53. The van der Waals surface area contributed by atoms with Crippen LogP contribution in [0.25, 0.3) is 0 Å². The molecule has 0 aromatic heterocycles. The zero-order valence-corrected chi connectivity index (χ0v) is 15.6. The minimum Gasteiger partial charge on any atom is -0.415 e. The maximum atomic E-state index is 11.8. The summed E-state index contributed by atoms with van der Waals surface area (Å²) in [6.45, 7) is 12.4. The van der Waals surface area contributed by atoms with Crippen LogP contribution in [-0.4, -0.2) is 45.9 Å². The molecule has 2 aliphatic rings. The van der Waals surface area contributed by atoms with E-state index in [0.29, 0.717) is 13.0 Å². The van der Waals surface area contributed by atoms with Gasteiger partial charge in [0.15, 0.2) is 14.6 Å². The molecule has 0 aromatic rings. The quantitative estimate of drug-likeness (QED) is 0.788. The summed E-state index contributed by atoms with van der Waals surface area (Å²) in [6, 6.07) is -0.0628. The van der Waals surface area contributed by atoms with Gasteiger partial charge < -0.3 is 19.2 Å². The Morgan fingerprint density at radius 2 is 2.05 bits per heavy atom. The first-order valence-electron chi connectivity index (χ1n) is 8.39. The van der Waals surface area contributed by atoms with Gasteiger partial charge in [-0.15, -0.1) is 0 Å². The molecular weight excluding hydrogens is 298 g/mol. The third-order valence-corrected chi connectivity index (χ3v) is 9.58. The van der Waals surface area contributed by atoms with Gasteiger partial charge in [0.2, 0.25) is 5.91 Å². The van der Waals surface area contributed by atoms with Crippen LogP contribution in [0.4, 0.5) is 0 Å². The highest BCUT2D eigenvalue weighted by Crippen LogP contribution is 2.37. The standard InChI is InChI=1S/C16H31NO4Si/c1-16(2,3)22(4,5)20-11-12-13(10-14(18)17-12)21-15-8-6-7-9-19-15/h12-13,15H,6-11H2,1-5H3,(H,17,18)/t12-,13+,15?/m0/s1. The van der Waals surface area contributed by atoms with Gasteiger partial charge in [-0.1, -0.05) is 20.8 Å². The molecule has 2 heterocycles. The van der Waals surface area contributed by atoms with E-state index < -0.39 is 8.32 Å². The Morgan fingerprint density at radius 3 is 2.64 bits per heavy atom. The van der Waals surface area contributed by atoms with Gasteiger partial charge in [-0.05, 0) is 37.4 Å². The molecule has 0 radical (unpaired) electrons. The van der Waals surface area contributed by atoms with Gasteiger partial charge in [-0.25, -0.2) is 0 Å². The molecule has 0 bridgehead atoms. The number of nitrogens with one attached hydrogen (secondary N) is 1. The summed E-state index contributed by atoms with van der Waals surface area (Å²) < 4.78 is 17.9. The van der Waals surface area contributed by atoms with Crippen LogP contribution in [-0.2, 0) is 18.7 Å². The van der Waals surface area contributed by atoms with Crippen LogP contribution in [0.3, 0.4) is 0 Å². The third kappa shape index (κ3) is 4.53. The molecule has 5 nitrogen and oxygen atoms in total. The summed E-state index contributed by atoms with van der Waals surface area (Å²) in [7, 11) is -1.81. The van der Waals surface area contributed by atoms with Crippen LogP contribution in [0.2, 0.25) is 18.1 Å². The number of carbonyl (C=O) groups is 1. The van der Waals surface area contributed by atoms with Crippen LogP contribution in [0.15, 0.2) is 0 Å². The fraction of sp³-hybridized carbons (Fsp3) is 0.938. The Hall–Kier alpha value is -0.433. The minimum absolute atomic E-state index is 0.0460. The maximum absolute atomic E-state index is 11.8. The highest BCUT2D eigenvalue weighted by Gasteiger charge is 2.41. The van der Waals surface area contributed by atoms with E-state index in [0.717, 1.165) is 25.9 Å². The first kappa shape index (κ1) is 17.9. The molecule has 0 saturated carbocycles. The lowest BCUT2D eigenvalue weighted by Crippen LogP contribution is -2.47. The maximum Gasteiger partial charge on any atom is 0.223 e. The molecule has 22 heavy (non-hydrogen) atoms. The first-order chi connectivity index (χ1) is 10.2. The second-order valence-corrected chi connectivity index (χ2v) is 12.7. The van der Waals surface area contributed by atoms with E-state index in [-0.39, 0.29) is 29.4 Å². The van der Waals surface area contributed by atoms with E-state index in [1.807, 2.05) is 0 Å². The predicted molar refractivity (Wildman–Crippen MR) is 88.2 cm³/mol. The second-order valence-electron chi connectivity index (χ2n) is 7.92. The fourth-order valence-electron chi connectivity index (χ4n) is 2.50. The van der Waals surface area contributed by atoms with Gasteiger partial charge in [-0.3, -0.25) is 4.79 Å². The van der Waals surface area contributed by atoms with E-state index in [9.17, 15) is 4.79 Å². The van der Waals surface area contributed by atoms with Crippen LogP contribution in [0, 0.1) is 0 Å². The van der Waals surface area contributed by atoms with Crippen molar-refractivity contribution in [1.82, 2.24) is 5.32 Å². The summed E-state index contributed by atoms with van der Waals surface area (Å²) in [4.78, 5) is 11.8. The molecule has 128 valence electrons. The van der Waals surface area contributed by atoms with Crippen molar-refractivity contribution in [3.05, 3.63) is 0 Å². The third-order valence-electron chi connectivity index (χ3n) is 5.08. The van der Waals surface area contributed by atoms with E-state index in [1.165, 1.54) is 0 Å². The van der Waals surface area contributed by atoms with Crippen molar-refractivity contribution in [3.8, 4) is 0 Å². The number of hydrogen-bond donors (Lipinski definition) is 1. The lowest BCUT2D eigenvalue weighted by Gasteiger charge is -2.37. The smallest absolute Gasteiger partial charge is 0.223 e.